The van der Waals surface area contributed by atoms with Crippen molar-refractivity contribution in [2.75, 3.05) is 11.9 Å². The first-order valence-corrected chi connectivity index (χ1v) is 8.48. The fourth-order valence-electron chi connectivity index (χ4n) is 2.41. The Morgan fingerprint density at radius 1 is 1.08 bits per heavy atom. The summed E-state index contributed by atoms with van der Waals surface area (Å²) in [5, 5.41) is 7.01. The summed E-state index contributed by atoms with van der Waals surface area (Å²) in [4.78, 5) is 25.8. The first-order chi connectivity index (χ1) is 11.4. The second kappa shape index (κ2) is 6.93. The topological polar surface area (TPSA) is 85.7 Å². The number of fused-ring (bicyclic) bond motifs is 1. The molecule has 2 rings (SSSR count). The van der Waals surface area contributed by atoms with Gasteiger partial charge in [-0.15, -0.1) is 0 Å². The lowest BCUT2D eigenvalue weighted by Gasteiger charge is -2.26. The quantitative estimate of drug-likeness (QED) is 0.837. The first-order valence-electron chi connectivity index (χ1n) is 8.48. The number of hydrogen-bond donors (Lipinski definition) is 1. The molecule has 0 atom stereocenters. The van der Waals surface area contributed by atoms with Gasteiger partial charge >= 0.3 is 12.2 Å². The molecule has 0 bridgehead atoms. The van der Waals surface area contributed by atoms with Crippen molar-refractivity contribution in [1.29, 1.82) is 0 Å². The van der Waals surface area contributed by atoms with Crippen LogP contribution < -0.4 is 5.32 Å². The van der Waals surface area contributed by atoms with Crippen molar-refractivity contribution in [3.05, 3.63) is 11.8 Å². The molecule has 0 aromatic carbocycles. The van der Waals surface area contributed by atoms with E-state index in [1.54, 1.807) is 36.4 Å². The van der Waals surface area contributed by atoms with Crippen molar-refractivity contribution in [3.8, 4) is 0 Å². The number of nitrogens with zero attached hydrogens (tertiary/aromatic N) is 3. The van der Waals surface area contributed by atoms with Gasteiger partial charge in [-0.2, -0.15) is 5.10 Å². The number of ether oxygens (including phenoxy) is 2. The van der Waals surface area contributed by atoms with E-state index in [0.717, 1.165) is 12.1 Å². The highest BCUT2D eigenvalue weighted by atomic mass is 16.6. The van der Waals surface area contributed by atoms with Crippen molar-refractivity contribution >= 4 is 18.0 Å². The second-order valence-electron chi connectivity index (χ2n) is 8.13. The number of carbonyl (C=O) groups is 2. The van der Waals surface area contributed by atoms with E-state index in [1.807, 2.05) is 20.8 Å². The summed E-state index contributed by atoms with van der Waals surface area (Å²) in [6, 6.07) is 1.76. The number of hydrogen-bond acceptors (Lipinski definition) is 5. The van der Waals surface area contributed by atoms with Gasteiger partial charge in [0.05, 0.1) is 12.2 Å². The van der Waals surface area contributed by atoms with Gasteiger partial charge in [0.1, 0.15) is 11.2 Å². The van der Waals surface area contributed by atoms with Crippen LogP contribution in [0.2, 0.25) is 0 Å². The average molecular weight is 352 g/mol. The van der Waals surface area contributed by atoms with Crippen LogP contribution in [0.1, 0.15) is 53.7 Å². The normalized spacial score (nSPS) is 15.2. The third-order valence-corrected chi connectivity index (χ3v) is 3.29. The molecule has 1 aromatic heterocycles. The Kier molecular flexibility index (Phi) is 5.29. The van der Waals surface area contributed by atoms with E-state index < -0.39 is 17.3 Å². The van der Waals surface area contributed by atoms with Crippen molar-refractivity contribution in [1.82, 2.24) is 14.7 Å². The van der Waals surface area contributed by atoms with Gasteiger partial charge in [0.25, 0.3) is 0 Å². The summed E-state index contributed by atoms with van der Waals surface area (Å²) in [6.45, 7) is 12.6. The summed E-state index contributed by atoms with van der Waals surface area (Å²) in [6.07, 6.45) is -0.131. The lowest BCUT2D eigenvalue weighted by Crippen LogP contribution is -2.36. The van der Waals surface area contributed by atoms with E-state index in [-0.39, 0.29) is 6.09 Å². The van der Waals surface area contributed by atoms with Crippen molar-refractivity contribution < 1.29 is 19.1 Å². The molecule has 8 heteroatoms. The van der Waals surface area contributed by atoms with Crippen LogP contribution in [0.25, 0.3) is 0 Å². The van der Waals surface area contributed by atoms with Gasteiger partial charge in [0.15, 0.2) is 5.82 Å². The van der Waals surface area contributed by atoms with Gasteiger partial charge in [-0.1, -0.05) is 0 Å². The molecule has 0 spiro atoms. The lowest BCUT2D eigenvalue weighted by molar-refractivity contribution is 0.0236. The van der Waals surface area contributed by atoms with Crippen LogP contribution in [0, 0.1) is 0 Å². The summed E-state index contributed by atoms with van der Waals surface area (Å²) < 4.78 is 12.5. The number of aryl methyl sites for hydroxylation is 1. The number of rotatable bonds is 1. The minimum Gasteiger partial charge on any atom is -0.444 e. The van der Waals surface area contributed by atoms with Crippen molar-refractivity contribution in [2.24, 2.45) is 0 Å². The lowest BCUT2D eigenvalue weighted by atomic mass is 10.2. The number of nitrogens with one attached hydrogen (secondary N) is 1. The minimum atomic E-state index is -0.575. The molecule has 0 unspecified atom stereocenters. The van der Waals surface area contributed by atoms with E-state index in [4.69, 9.17) is 9.47 Å². The molecule has 0 radical (unpaired) electrons. The summed E-state index contributed by atoms with van der Waals surface area (Å²) in [7, 11) is 0. The summed E-state index contributed by atoms with van der Waals surface area (Å²) >= 11 is 0. The molecule has 25 heavy (non-hydrogen) atoms. The molecule has 1 aliphatic heterocycles. The van der Waals surface area contributed by atoms with E-state index in [1.165, 1.54) is 0 Å². The van der Waals surface area contributed by atoms with Gasteiger partial charge < -0.3 is 14.4 Å². The monoisotopic (exact) mass is 352 g/mol. The fourth-order valence-corrected chi connectivity index (χ4v) is 2.41. The van der Waals surface area contributed by atoms with Crippen LogP contribution in [0.5, 0.6) is 0 Å². The van der Waals surface area contributed by atoms with Gasteiger partial charge in [-0.05, 0) is 48.0 Å². The Labute approximate surface area is 148 Å². The molecule has 0 aliphatic carbocycles. The molecule has 1 N–H and O–H groups in total. The second-order valence-corrected chi connectivity index (χ2v) is 8.13. The standard InChI is InChI=1S/C17H28N4O4/c1-16(2,3)24-14(22)18-13-10-12-11-20(8-7-9-21(12)19-13)15(23)25-17(4,5)6/h10H,7-9,11H2,1-6H3,(H,18,19,22). The minimum absolute atomic E-state index is 0.344. The van der Waals surface area contributed by atoms with Crippen LogP contribution >= 0.6 is 0 Å². The Morgan fingerprint density at radius 2 is 1.72 bits per heavy atom. The Balaban J connectivity index is 2.05. The van der Waals surface area contributed by atoms with Crippen LogP contribution in [-0.4, -0.2) is 44.6 Å². The smallest absolute Gasteiger partial charge is 0.413 e. The molecule has 8 nitrogen and oxygen atoms in total. The molecular weight excluding hydrogens is 324 g/mol. The van der Waals surface area contributed by atoms with Crippen LogP contribution in [0.3, 0.4) is 0 Å². The predicted octanol–water partition coefficient (Wildman–Crippen LogP) is 3.37. The zero-order chi connectivity index (χ0) is 18.8. The highest BCUT2D eigenvalue weighted by Crippen LogP contribution is 2.19. The third-order valence-electron chi connectivity index (χ3n) is 3.29. The maximum Gasteiger partial charge on any atom is 0.413 e. The molecular formula is C17H28N4O4. The molecule has 140 valence electrons. The average Bonchev–Trinajstić information content (AvgIpc) is 2.63. The molecule has 1 aromatic rings. The SMILES string of the molecule is CC(C)(C)OC(=O)Nc1cc2n(n1)CCCN(C(=O)OC(C)(C)C)C2. The van der Waals surface area contributed by atoms with Gasteiger partial charge in [0.2, 0.25) is 0 Å². The highest BCUT2D eigenvalue weighted by Gasteiger charge is 2.26. The zero-order valence-electron chi connectivity index (χ0n) is 15.9. The predicted molar refractivity (Wildman–Crippen MR) is 93.3 cm³/mol. The van der Waals surface area contributed by atoms with E-state index >= 15 is 0 Å². The third kappa shape index (κ3) is 5.95. The van der Waals surface area contributed by atoms with Crippen LogP contribution in [0.15, 0.2) is 6.07 Å². The first kappa shape index (κ1) is 19.1. The number of anilines is 1. The van der Waals surface area contributed by atoms with Crippen LogP contribution in [-0.2, 0) is 22.6 Å². The highest BCUT2D eigenvalue weighted by molar-refractivity contribution is 5.83. The maximum atomic E-state index is 12.3. The Morgan fingerprint density at radius 3 is 2.32 bits per heavy atom. The summed E-state index contributed by atoms with van der Waals surface area (Å²) in [5.74, 6) is 0.412. The van der Waals surface area contributed by atoms with Gasteiger partial charge in [-0.25, -0.2) is 9.59 Å². The van der Waals surface area contributed by atoms with E-state index in [9.17, 15) is 9.59 Å². The Bertz CT molecular complexity index is 640. The number of carbonyl (C=O) groups excluding carboxylic acids is 2. The molecule has 0 fully saturated rings. The number of aromatic nitrogens is 2. The van der Waals surface area contributed by atoms with Gasteiger partial charge in [-0.3, -0.25) is 10.00 Å². The largest absolute Gasteiger partial charge is 0.444 e. The van der Waals surface area contributed by atoms with Crippen LogP contribution in [0.4, 0.5) is 15.4 Å². The molecule has 1 aliphatic rings. The zero-order valence-corrected chi connectivity index (χ0v) is 15.9. The fraction of sp³-hybridized carbons (Fsp3) is 0.706. The molecule has 0 saturated heterocycles. The molecule has 2 amide bonds. The maximum absolute atomic E-state index is 12.3. The van der Waals surface area contributed by atoms with E-state index in [0.29, 0.717) is 25.5 Å². The number of amides is 2. The molecule has 0 saturated carbocycles. The van der Waals surface area contributed by atoms with Crippen molar-refractivity contribution in [3.63, 3.8) is 0 Å². The molecule has 2 heterocycles. The van der Waals surface area contributed by atoms with E-state index in [2.05, 4.69) is 10.4 Å². The summed E-state index contributed by atoms with van der Waals surface area (Å²) in [5.41, 5.74) is -0.268. The van der Waals surface area contributed by atoms with Crippen molar-refractivity contribution in [2.45, 2.75) is 72.3 Å². The van der Waals surface area contributed by atoms with Gasteiger partial charge in [0, 0.05) is 19.2 Å². The Hall–Kier alpha value is -2.25.